The van der Waals surface area contributed by atoms with Gasteiger partial charge in [-0.05, 0) is 12.1 Å². The molecule has 1 heterocycles. The molecule has 0 bridgehead atoms. The van der Waals surface area contributed by atoms with E-state index >= 15 is 0 Å². The van der Waals surface area contributed by atoms with Crippen LogP contribution in [0.4, 0.5) is 8.78 Å². The Morgan fingerprint density at radius 2 is 2.07 bits per heavy atom. The summed E-state index contributed by atoms with van der Waals surface area (Å²) in [5, 5.41) is 0.333. The van der Waals surface area contributed by atoms with E-state index in [0.717, 1.165) is 0 Å². The van der Waals surface area contributed by atoms with Crippen molar-refractivity contribution >= 4 is 11.0 Å². The highest BCUT2D eigenvalue weighted by atomic mass is 19.3. The van der Waals surface area contributed by atoms with E-state index in [1.807, 2.05) is 0 Å². The van der Waals surface area contributed by atoms with E-state index in [2.05, 4.69) is 4.74 Å². The normalized spacial score (nSPS) is 10.9. The average Bonchev–Trinajstić information content (AvgIpc) is 2.17. The standard InChI is InChI=1S/C10H6F2O3/c11-10(12)15-6-1-2-7-8(13)3-4-14-9(7)5-6/h1-5,10H. The SMILES string of the molecule is O=c1ccoc2cc(OC(F)F)ccc12. The molecule has 5 heteroatoms. The highest BCUT2D eigenvalue weighted by Gasteiger charge is 2.06. The minimum absolute atomic E-state index is 0.0353. The van der Waals surface area contributed by atoms with Gasteiger partial charge in [-0.25, -0.2) is 0 Å². The molecule has 1 aromatic carbocycles. The van der Waals surface area contributed by atoms with Gasteiger partial charge in [-0.1, -0.05) is 0 Å². The van der Waals surface area contributed by atoms with Crippen molar-refractivity contribution in [2.24, 2.45) is 0 Å². The Morgan fingerprint density at radius 3 is 2.80 bits per heavy atom. The maximum absolute atomic E-state index is 11.9. The monoisotopic (exact) mass is 212 g/mol. The third kappa shape index (κ3) is 1.96. The van der Waals surface area contributed by atoms with Gasteiger partial charge >= 0.3 is 6.61 Å². The maximum Gasteiger partial charge on any atom is 0.387 e. The van der Waals surface area contributed by atoms with E-state index in [1.54, 1.807) is 0 Å². The van der Waals surface area contributed by atoms with Crippen LogP contribution >= 0.6 is 0 Å². The third-order valence-corrected chi connectivity index (χ3v) is 1.86. The Morgan fingerprint density at radius 1 is 1.27 bits per heavy atom. The molecule has 0 aliphatic heterocycles. The van der Waals surface area contributed by atoms with Gasteiger partial charge in [-0.3, -0.25) is 4.79 Å². The molecule has 1 aromatic heterocycles. The minimum atomic E-state index is -2.89. The molecule has 2 rings (SSSR count). The molecule has 15 heavy (non-hydrogen) atoms. The molecule has 0 radical (unpaired) electrons. The van der Waals surface area contributed by atoms with Crippen LogP contribution in [0, 0.1) is 0 Å². The summed E-state index contributed by atoms with van der Waals surface area (Å²) in [5.41, 5.74) is 0.000460. The Labute approximate surface area is 82.9 Å². The van der Waals surface area contributed by atoms with E-state index in [9.17, 15) is 13.6 Å². The number of alkyl halides is 2. The van der Waals surface area contributed by atoms with E-state index in [4.69, 9.17) is 4.42 Å². The molecular formula is C10H6F2O3. The number of rotatable bonds is 2. The van der Waals surface area contributed by atoms with Crippen molar-refractivity contribution in [2.45, 2.75) is 6.61 Å². The van der Waals surface area contributed by atoms with E-state index in [1.165, 1.54) is 30.5 Å². The van der Waals surface area contributed by atoms with Crippen molar-refractivity contribution in [1.82, 2.24) is 0 Å². The van der Waals surface area contributed by atoms with Crippen LogP contribution in [0.25, 0.3) is 11.0 Å². The van der Waals surface area contributed by atoms with Gasteiger partial charge in [0.15, 0.2) is 5.43 Å². The first kappa shape index (κ1) is 9.64. The smallest absolute Gasteiger partial charge is 0.387 e. The van der Waals surface area contributed by atoms with Crippen LogP contribution in [-0.4, -0.2) is 6.61 Å². The van der Waals surface area contributed by atoms with Gasteiger partial charge in [-0.15, -0.1) is 0 Å². The van der Waals surface area contributed by atoms with Gasteiger partial charge in [-0.2, -0.15) is 8.78 Å². The summed E-state index contributed by atoms with van der Waals surface area (Å²) in [6, 6.07) is 5.20. The number of hydrogen-bond acceptors (Lipinski definition) is 3. The molecule has 3 nitrogen and oxygen atoms in total. The Hall–Kier alpha value is -1.91. The largest absolute Gasteiger partial charge is 0.464 e. The van der Waals surface area contributed by atoms with Crippen LogP contribution < -0.4 is 10.2 Å². The Bertz CT molecular complexity index is 533. The van der Waals surface area contributed by atoms with Gasteiger partial charge < -0.3 is 9.15 Å². The summed E-state index contributed by atoms with van der Waals surface area (Å²) >= 11 is 0. The summed E-state index contributed by atoms with van der Waals surface area (Å²) < 4.78 is 32.9. The number of benzene rings is 1. The first-order chi connectivity index (χ1) is 7.16. The average molecular weight is 212 g/mol. The second-order valence-electron chi connectivity index (χ2n) is 2.82. The zero-order chi connectivity index (χ0) is 10.8. The zero-order valence-electron chi connectivity index (χ0n) is 7.44. The molecule has 0 fully saturated rings. The summed E-state index contributed by atoms with van der Waals surface area (Å²) in [4.78, 5) is 11.3. The zero-order valence-corrected chi connectivity index (χ0v) is 7.44. The first-order valence-electron chi connectivity index (χ1n) is 4.13. The quantitative estimate of drug-likeness (QED) is 0.767. The van der Waals surface area contributed by atoms with Crippen molar-refractivity contribution < 1.29 is 17.9 Å². The van der Waals surface area contributed by atoms with Gasteiger partial charge in [0.1, 0.15) is 11.3 Å². The van der Waals surface area contributed by atoms with Crippen LogP contribution in [-0.2, 0) is 0 Å². The van der Waals surface area contributed by atoms with Crippen molar-refractivity contribution in [2.75, 3.05) is 0 Å². The Balaban J connectivity index is 2.52. The number of halogens is 2. The topological polar surface area (TPSA) is 39.4 Å². The van der Waals surface area contributed by atoms with Gasteiger partial charge in [0.25, 0.3) is 0 Å². The summed E-state index contributed by atoms with van der Waals surface area (Å²) in [7, 11) is 0. The number of hydrogen-bond donors (Lipinski definition) is 0. The van der Waals surface area contributed by atoms with Gasteiger partial charge in [0.2, 0.25) is 0 Å². The first-order valence-corrected chi connectivity index (χ1v) is 4.13. The molecular weight excluding hydrogens is 206 g/mol. The molecule has 0 N–H and O–H groups in total. The molecule has 0 atom stereocenters. The van der Waals surface area contributed by atoms with Crippen molar-refractivity contribution in [3.05, 3.63) is 40.8 Å². The molecule has 78 valence electrons. The lowest BCUT2D eigenvalue weighted by atomic mass is 10.2. The lowest BCUT2D eigenvalue weighted by Crippen LogP contribution is -2.03. The van der Waals surface area contributed by atoms with Crippen molar-refractivity contribution in [3.63, 3.8) is 0 Å². The lowest BCUT2D eigenvalue weighted by Gasteiger charge is -2.04. The summed E-state index contributed by atoms with van der Waals surface area (Å²) in [5.74, 6) is -0.0353. The third-order valence-electron chi connectivity index (χ3n) is 1.86. The number of ether oxygens (including phenoxy) is 1. The van der Waals surface area contributed by atoms with Crippen LogP contribution in [0.1, 0.15) is 0 Å². The van der Waals surface area contributed by atoms with Crippen LogP contribution in [0.15, 0.2) is 39.7 Å². The molecule has 0 saturated heterocycles. The molecule has 0 aliphatic carbocycles. The highest BCUT2D eigenvalue weighted by molar-refractivity contribution is 5.77. The van der Waals surface area contributed by atoms with Crippen molar-refractivity contribution in [1.29, 1.82) is 0 Å². The summed E-state index contributed by atoms with van der Waals surface area (Å²) in [6.45, 7) is -2.89. The molecule has 0 saturated carbocycles. The van der Waals surface area contributed by atoms with Gasteiger partial charge in [0, 0.05) is 12.1 Å². The number of fused-ring (bicyclic) bond motifs is 1. The maximum atomic E-state index is 11.9. The van der Waals surface area contributed by atoms with Crippen molar-refractivity contribution in [3.8, 4) is 5.75 Å². The fourth-order valence-electron chi connectivity index (χ4n) is 1.24. The molecule has 0 amide bonds. The van der Waals surface area contributed by atoms with E-state index in [-0.39, 0.29) is 16.8 Å². The minimum Gasteiger partial charge on any atom is -0.464 e. The molecule has 2 aromatic rings. The van der Waals surface area contributed by atoms with Crippen LogP contribution in [0.5, 0.6) is 5.75 Å². The summed E-state index contributed by atoms with van der Waals surface area (Å²) in [6.07, 6.45) is 1.21. The molecule has 0 aliphatic rings. The lowest BCUT2D eigenvalue weighted by molar-refractivity contribution is -0.0497. The van der Waals surface area contributed by atoms with E-state index < -0.39 is 6.61 Å². The fourth-order valence-corrected chi connectivity index (χ4v) is 1.24. The van der Waals surface area contributed by atoms with Crippen LogP contribution in [0.3, 0.4) is 0 Å². The van der Waals surface area contributed by atoms with E-state index in [0.29, 0.717) is 5.39 Å². The Kier molecular flexibility index (Phi) is 2.37. The predicted octanol–water partition coefficient (Wildman–Crippen LogP) is 2.39. The second-order valence-corrected chi connectivity index (χ2v) is 2.82. The fraction of sp³-hybridized carbons (Fsp3) is 0.100. The van der Waals surface area contributed by atoms with Gasteiger partial charge in [0.05, 0.1) is 11.6 Å². The molecule has 0 spiro atoms. The second kappa shape index (κ2) is 3.68. The molecule has 0 unspecified atom stereocenters. The van der Waals surface area contributed by atoms with Crippen LogP contribution in [0.2, 0.25) is 0 Å². The predicted molar refractivity (Wildman–Crippen MR) is 49.1 cm³/mol. The highest BCUT2D eigenvalue weighted by Crippen LogP contribution is 2.19.